The zero-order valence-corrected chi connectivity index (χ0v) is 9.46. The second kappa shape index (κ2) is 4.84. The summed E-state index contributed by atoms with van der Waals surface area (Å²) in [7, 11) is 0. The number of hydrogen-bond donors (Lipinski definition) is 2. The molecule has 5 heteroatoms. The molecule has 3 nitrogen and oxygen atoms in total. The minimum atomic E-state index is -1.16. The van der Waals surface area contributed by atoms with E-state index < -0.39 is 18.0 Å². The second-order valence-corrected chi connectivity index (χ2v) is 4.00. The molecule has 0 amide bonds. The molecular weight excluding hydrogens is 239 g/mol. The summed E-state index contributed by atoms with van der Waals surface area (Å²) in [4.78, 5) is 10.7. The van der Waals surface area contributed by atoms with Crippen LogP contribution >= 0.6 is 23.2 Å². The van der Waals surface area contributed by atoms with Crippen LogP contribution in [0.1, 0.15) is 18.6 Å². The van der Waals surface area contributed by atoms with Crippen molar-refractivity contribution in [1.82, 2.24) is 0 Å². The molecule has 15 heavy (non-hydrogen) atoms. The highest BCUT2D eigenvalue weighted by molar-refractivity contribution is 6.42. The van der Waals surface area contributed by atoms with Crippen molar-refractivity contribution in [2.24, 2.45) is 5.92 Å². The molecule has 1 aromatic carbocycles. The first-order valence-corrected chi connectivity index (χ1v) is 5.05. The van der Waals surface area contributed by atoms with Crippen LogP contribution in [0, 0.1) is 5.92 Å². The highest BCUT2D eigenvalue weighted by Crippen LogP contribution is 2.33. The van der Waals surface area contributed by atoms with Gasteiger partial charge in [0.05, 0.1) is 22.1 Å². The van der Waals surface area contributed by atoms with Crippen LogP contribution in [-0.2, 0) is 4.79 Å². The molecule has 0 aliphatic rings. The Morgan fingerprint density at radius 3 is 2.53 bits per heavy atom. The molecule has 0 saturated heterocycles. The van der Waals surface area contributed by atoms with Gasteiger partial charge in [0.2, 0.25) is 0 Å². The van der Waals surface area contributed by atoms with Crippen molar-refractivity contribution >= 4 is 29.2 Å². The fraction of sp³-hybridized carbons (Fsp3) is 0.300. The minimum absolute atomic E-state index is 0.194. The molecule has 2 atom stereocenters. The van der Waals surface area contributed by atoms with Gasteiger partial charge >= 0.3 is 5.97 Å². The molecule has 0 heterocycles. The van der Waals surface area contributed by atoms with Gasteiger partial charge < -0.3 is 10.2 Å². The highest BCUT2D eigenvalue weighted by Gasteiger charge is 2.25. The number of aliphatic carboxylic acids is 1. The van der Waals surface area contributed by atoms with Gasteiger partial charge in [0, 0.05) is 5.56 Å². The first-order chi connectivity index (χ1) is 6.95. The smallest absolute Gasteiger partial charge is 0.309 e. The van der Waals surface area contributed by atoms with Crippen molar-refractivity contribution in [3.05, 3.63) is 33.8 Å². The molecule has 0 radical (unpaired) electrons. The fourth-order valence-corrected chi connectivity index (χ4v) is 1.57. The Morgan fingerprint density at radius 2 is 2.00 bits per heavy atom. The highest BCUT2D eigenvalue weighted by atomic mass is 35.5. The van der Waals surface area contributed by atoms with Crippen LogP contribution in [0.4, 0.5) is 0 Å². The van der Waals surface area contributed by atoms with Gasteiger partial charge in [-0.15, -0.1) is 0 Å². The molecule has 1 rings (SSSR count). The first-order valence-electron chi connectivity index (χ1n) is 4.30. The van der Waals surface area contributed by atoms with Crippen LogP contribution in [0.25, 0.3) is 0 Å². The predicted octanol–water partition coefficient (Wildman–Crippen LogP) is 2.75. The van der Waals surface area contributed by atoms with E-state index in [4.69, 9.17) is 28.3 Å². The summed E-state index contributed by atoms with van der Waals surface area (Å²) < 4.78 is 0. The molecule has 2 unspecified atom stereocenters. The lowest BCUT2D eigenvalue weighted by Crippen LogP contribution is -2.18. The molecule has 0 bridgehead atoms. The second-order valence-electron chi connectivity index (χ2n) is 3.21. The lowest BCUT2D eigenvalue weighted by molar-refractivity contribution is -0.145. The normalized spacial score (nSPS) is 14.7. The zero-order valence-electron chi connectivity index (χ0n) is 7.95. The Labute approximate surface area is 97.2 Å². The van der Waals surface area contributed by atoms with E-state index in [2.05, 4.69) is 0 Å². The number of aliphatic hydroxyl groups excluding tert-OH is 1. The number of hydrogen-bond acceptors (Lipinski definition) is 2. The van der Waals surface area contributed by atoms with E-state index in [-0.39, 0.29) is 5.02 Å². The first kappa shape index (κ1) is 12.3. The zero-order chi connectivity index (χ0) is 11.6. The maximum atomic E-state index is 10.7. The fourth-order valence-electron chi connectivity index (χ4n) is 1.15. The lowest BCUT2D eigenvalue weighted by Gasteiger charge is -2.16. The number of carboxylic acid groups (broad SMARTS) is 1. The summed E-state index contributed by atoms with van der Waals surface area (Å²) in [6, 6.07) is 4.74. The quantitative estimate of drug-likeness (QED) is 0.865. The molecule has 0 saturated carbocycles. The van der Waals surface area contributed by atoms with Crippen molar-refractivity contribution in [1.29, 1.82) is 0 Å². The van der Waals surface area contributed by atoms with Gasteiger partial charge in [0.15, 0.2) is 0 Å². The Kier molecular flexibility index (Phi) is 3.97. The van der Waals surface area contributed by atoms with E-state index in [0.29, 0.717) is 10.6 Å². The number of carboxylic acids is 1. The van der Waals surface area contributed by atoms with Crippen LogP contribution in [0.2, 0.25) is 10.0 Å². The standard InChI is InChI=1S/C10H10Cl2O3/c1-5(10(14)15)9(13)6-3-2-4-7(11)8(6)12/h2-5,9,13H,1H3,(H,14,15). The molecule has 1 aromatic rings. The van der Waals surface area contributed by atoms with E-state index in [1.807, 2.05) is 0 Å². The molecule has 0 aliphatic heterocycles. The van der Waals surface area contributed by atoms with Gasteiger partial charge in [-0.3, -0.25) is 4.79 Å². The summed E-state index contributed by atoms with van der Waals surface area (Å²) in [6.07, 6.45) is -1.16. The molecule has 2 N–H and O–H groups in total. The summed E-state index contributed by atoms with van der Waals surface area (Å²) in [5.74, 6) is -2.01. The van der Waals surface area contributed by atoms with Crippen LogP contribution in [0.15, 0.2) is 18.2 Å². The Bertz CT molecular complexity index is 379. The largest absolute Gasteiger partial charge is 0.481 e. The number of rotatable bonds is 3. The topological polar surface area (TPSA) is 57.5 Å². The molecule has 0 aliphatic carbocycles. The van der Waals surface area contributed by atoms with Gasteiger partial charge in [0.25, 0.3) is 0 Å². The van der Waals surface area contributed by atoms with Crippen molar-refractivity contribution in [3.8, 4) is 0 Å². The van der Waals surface area contributed by atoms with Gasteiger partial charge in [-0.25, -0.2) is 0 Å². The van der Waals surface area contributed by atoms with Crippen LogP contribution in [0.3, 0.4) is 0 Å². The third kappa shape index (κ3) is 2.62. The van der Waals surface area contributed by atoms with Crippen molar-refractivity contribution < 1.29 is 15.0 Å². The van der Waals surface area contributed by atoms with E-state index in [1.54, 1.807) is 18.2 Å². The summed E-state index contributed by atoms with van der Waals surface area (Å²) in [5, 5.41) is 19.0. The maximum absolute atomic E-state index is 10.7. The summed E-state index contributed by atoms with van der Waals surface area (Å²) in [5.41, 5.74) is 0.332. The number of benzene rings is 1. The number of carbonyl (C=O) groups is 1. The van der Waals surface area contributed by atoms with E-state index in [0.717, 1.165) is 0 Å². The Morgan fingerprint density at radius 1 is 1.40 bits per heavy atom. The molecule has 0 aromatic heterocycles. The molecule has 82 valence electrons. The summed E-state index contributed by atoms with van der Waals surface area (Å²) >= 11 is 11.6. The van der Waals surface area contributed by atoms with Crippen molar-refractivity contribution in [2.45, 2.75) is 13.0 Å². The van der Waals surface area contributed by atoms with Crippen LogP contribution in [0.5, 0.6) is 0 Å². The lowest BCUT2D eigenvalue weighted by atomic mass is 9.97. The van der Waals surface area contributed by atoms with Crippen molar-refractivity contribution in [2.75, 3.05) is 0 Å². The minimum Gasteiger partial charge on any atom is -0.481 e. The molecule has 0 fully saturated rings. The average Bonchev–Trinajstić information content (AvgIpc) is 2.20. The average molecular weight is 249 g/mol. The van der Waals surface area contributed by atoms with E-state index in [1.165, 1.54) is 6.92 Å². The molecular formula is C10H10Cl2O3. The predicted molar refractivity (Wildman–Crippen MR) is 58.2 cm³/mol. The molecule has 0 spiro atoms. The van der Waals surface area contributed by atoms with Crippen LogP contribution in [-0.4, -0.2) is 16.2 Å². The monoisotopic (exact) mass is 248 g/mol. The number of aliphatic hydroxyl groups is 1. The van der Waals surface area contributed by atoms with Gasteiger partial charge in [0.1, 0.15) is 0 Å². The third-order valence-electron chi connectivity index (χ3n) is 2.16. The third-order valence-corrected chi connectivity index (χ3v) is 3.00. The Hall–Kier alpha value is -0.770. The van der Waals surface area contributed by atoms with Crippen LogP contribution < -0.4 is 0 Å². The van der Waals surface area contributed by atoms with Crippen molar-refractivity contribution in [3.63, 3.8) is 0 Å². The van der Waals surface area contributed by atoms with Gasteiger partial charge in [-0.2, -0.15) is 0 Å². The Balaban J connectivity index is 3.06. The maximum Gasteiger partial charge on any atom is 0.309 e. The summed E-state index contributed by atoms with van der Waals surface area (Å²) in [6.45, 7) is 1.41. The van der Waals surface area contributed by atoms with E-state index in [9.17, 15) is 9.90 Å². The SMILES string of the molecule is CC(C(=O)O)C(O)c1cccc(Cl)c1Cl. The van der Waals surface area contributed by atoms with Gasteiger partial charge in [-0.1, -0.05) is 35.3 Å². The van der Waals surface area contributed by atoms with E-state index >= 15 is 0 Å². The van der Waals surface area contributed by atoms with Gasteiger partial charge in [-0.05, 0) is 13.0 Å². The number of halogens is 2.